The molecule has 1 saturated heterocycles. The highest BCUT2D eigenvalue weighted by Gasteiger charge is 2.52. The van der Waals surface area contributed by atoms with E-state index >= 15 is 0 Å². The third-order valence-corrected chi connectivity index (χ3v) is 5.85. The number of halogens is 2. The second kappa shape index (κ2) is 4.96. The summed E-state index contributed by atoms with van der Waals surface area (Å²) in [5.41, 5.74) is -1.03. The predicted octanol–water partition coefficient (Wildman–Crippen LogP) is 3.32. The molecule has 0 aromatic heterocycles. The molecule has 21 heavy (non-hydrogen) atoms. The highest BCUT2D eigenvalue weighted by molar-refractivity contribution is 8.32. The summed E-state index contributed by atoms with van der Waals surface area (Å²) in [6, 6.07) is 2.50. The molecule has 0 bridgehead atoms. The van der Waals surface area contributed by atoms with Gasteiger partial charge in [-0.15, -0.1) is 0 Å². The van der Waals surface area contributed by atoms with Crippen LogP contribution in [-0.2, 0) is 9.31 Å². The van der Waals surface area contributed by atoms with E-state index in [2.05, 4.69) is 0 Å². The van der Waals surface area contributed by atoms with Crippen LogP contribution in [0.4, 0.5) is 8.78 Å². The van der Waals surface area contributed by atoms with E-state index in [1.165, 1.54) is 12.1 Å². The van der Waals surface area contributed by atoms with Gasteiger partial charge in [0.05, 0.1) is 11.2 Å². The van der Waals surface area contributed by atoms with E-state index in [4.69, 9.17) is 9.31 Å². The first-order chi connectivity index (χ1) is 9.35. The van der Waals surface area contributed by atoms with Gasteiger partial charge >= 0.3 is 7.12 Å². The Morgan fingerprint density at radius 1 is 0.905 bits per heavy atom. The van der Waals surface area contributed by atoms with Gasteiger partial charge in [-0.05, 0) is 58.6 Å². The third kappa shape index (κ3) is 2.98. The largest absolute Gasteiger partial charge is 0.497 e. The molecular formula is C15H23BF2O2S. The molecule has 0 saturated carbocycles. The van der Waals surface area contributed by atoms with Crippen molar-refractivity contribution >= 4 is 22.6 Å². The van der Waals surface area contributed by atoms with Gasteiger partial charge in [-0.1, -0.05) is 0 Å². The number of hydrogen-bond acceptors (Lipinski definition) is 2. The van der Waals surface area contributed by atoms with Crippen LogP contribution in [0.15, 0.2) is 17.0 Å². The fraction of sp³-hybridized carbons (Fsp3) is 0.600. The summed E-state index contributed by atoms with van der Waals surface area (Å²) >= 11 is 0. The monoisotopic (exact) mass is 316 g/mol. The van der Waals surface area contributed by atoms with Crippen LogP contribution in [-0.4, -0.2) is 37.1 Å². The minimum atomic E-state index is -1.34. The Balaban J connectivity index is 2.42. The van der Waals surface area contributed by atoms with Crippen LogP contribution >= 0.6 is 10.0 Å². The van der Waals surface area contributed by atoms with E-state index in [-0.39, 0.29) is 5.46 Å². The molecule has 1 aromatic rings. The summed E-state index contributed by atoms with van der Waals surface area (Å²) in [4.78, 5) is 0.431. The molecule has 0 atom stereocenters. The zero-order valence-corrected chi connectivity index (χ0v) is 14.5. The number of hydrogen-bond donors (Lipinski definition) is 0. The van der Waals surface area contributed by atoms with E-state index in [0.29, 0.717) is 4.90 Å². The van der Waals surface area contributed by atoms with Crippen LogP contribution in [0, 0.1) is 11.6 Å². The van der Waals surface area contributed by atoms with Crippen molar-refractivity contribution < 1.29 is 18.1 Å². The summed E-state index contributed by atoms with van der Waals surface area (Å²) in [5.74, 6) is -0.879. The maximum atomic E-state index is 14.4. The van der Waals surface area contributed by atoms with E-state index in [9.17, 15) is 8.78 Å². The van der Waals surface area contributed by atoms with E-state index in [1.807, 2.05) is 46.5 Å². The summed E-state index contributed by atoms with van der Waals surface area (Å²) in [6.45, 7) is 7.54. The molecule has 1 fully saturated rings. The zero-order chi connectivity index (χ0) is 16.2. The molecule has 0 spiro atoms. The van der Waals surface area contributed by atoms with Crippen molar-refractivity contribution in [2.75, 3.05) is 18.8 Å². The van der Waals surface area contributed by atoms with Gasteiger partial charge in [-0.3, -0.25) is 0 Å². The average Bonchev–Trinajstić information content (AvgIpc) is 2.49. The Labute approximate surface area is 127 Å². The Hall–Kier alpha value is -0.585. The molecule has 2 rings (SSSR count). The van der Waals surface area contributed by atoms with Crippen molar-refractivity contribution in [2.45, 2.75) is 43.8 Å². The molecule has 0 amide bonds. The standard InChI is InChI=1S/C15H23BF2O2S/c1-14(2)15(3,4)20-16(19-14)10-8-12(18)13(9-11(10)17)21(5,6)7/h8-9H,1-7H3. The molecule has 6 heteroatoms. The van der Waals surface area contributed by atoms with E-state index in [1.54, 1.807) is 0 Å². The summed E-state index contributed by atoms with van der Waals surface area (Å²) in [5, 5.41) is 0. The zero-order valence-electron chi connectivity index (χ0n) is 13.7. The topological polar surface area (TPSA) is 18.5 Å². The molecule has 0 aliphatic carbocycles. The fourth-order valence-corrected chi connectivity index (χ4v) is 3.26. The SMILES string of the molecule is CC1(C)OB(c2cc(F)c(S(C)(C)C)cc2F)OC1(C)C. The lowest BCUT2D eigenvalue weighted by atomic mass is 9.78. The molecule has 1 aromatic carbocycles. The normalized spacial score (nSPS) is 21.7. The van der Waals surface area contributed by atoms with Crippen molar-refractivity contribution in [2.24, 2.45) is 0 Å². The van der Waals surface area contributed by atoms with Crippen LogP contribution in [0.3, 0.4) is 0 Å². The van der Waals surface area contributed by atoms with Crippen molar-refractivity contribution in [3.8, 4) is 0 Å². The Morgan fingerprint density at radius 3 is 1.81 bits per heavy atom. The summed E-state index contributed by atoms with van der Waals surface area (Å²) in [7, 11) is -2.22. The maximum Gasteiger partial charge on any atom is 0.497 e. The van der Waals surface area contributed by atoms with Crippen molar-refractivity contribution in [1.29, 1.82) is 0 Å². The number of rotatable bonds is 2. The van der Waals surface area contributed by atoms with Crippen LogP contribution in [0.25, 0.3) is 0 Å². The van der Waals surface area contributed by atoms with Gasteiger partial charge in [0.2, 0.25) is 0 Å². The Bertz CT molecular complexity index is 552. The third-order valence-electron chi connectivity index (χ3n) is 4.22. The van der Waals surface area contributed by atoms with Gasteiger partial charge in [0.15, 0.2) is 0 Å². The van der Waals surface area contributed by atoms with Crippen molar-refractivity contribution in [3.63, 3.8) is 0 Å². The highest BCUT2D eigenvalue weighted by atomic mass is 32.3. The van der Waals surface area contributed by atoms with Gasteiger partial charge < -0.3 is 9.31 Å². The second-order valence-corrected chi connectivity index (χ2v) is 11.3. The van der Waals surface area contributed by atoms with Crippen molar-refractivity contribution in [1.82, 2.24) is 0 Å². The van der Waals surface area contributed by atoms with Crippen LogP contribution in [0.1, 0.15) is 27.7 Å². The molecule has 2 nitrogen and oxygen atoms in total. The smallest absolute Gasteiger partial charge is 0.399 e. The van der Waals surface area contributed by atoms with Gasteiger partial charge in [0, 0.05) is 10.4 Å². The van der Waals surface area contributed by atoms with Crippen LogP contribution < -0.4 is 5.46 Å². The lowest BCUT2D eigenvalue weighted by molar-refractivity contribution is 0.00578. The first kappa shape index (κ1) is 16.8. The van der Waals surface area contributed by atoms with E-state index in [0.717, 1.165) is 0 Å². The maximum absolute atomic E-state index is 14.4. The molecule has 0 radical (unpaired) electrons. The van der Waals surface area contributed by atoms with Crippen LogP contribution in [0.5, 0.6) is 0 Å². The molecule has 1 aliphatic heterocycles. The molecular weight excluding hydrogens is 293 g/mol. The fourth-order valence-electron chi connectivity index (χ4n) is 2.16. The van der Waals surface area contributed by atoms with E-state index < -0.39 is 40.0 Å². The second-order valence-electron chi connectivity index (χ2n) is 7.23. The number of benzene rings is 1. The first-order valence-electron chi connectivity index (χ1n) is 6.88. The minimum Gasteiger partial charge on any atom is -0.399 e. The highest BCUT2D eigenvalue weighted by Crippen LogP contribution is 2.46. The first-order valence-corrected chi connectivity index (χ1v) is 9.74. The van der Waals surface area contributed by atoms with Gasteiger partial charge in [0.25, 0.3) is 0 Å². The van der Waals surface area contributed by atoms with Gasteiger partial charge in [0.1, 0.15) is 11.6 Å². The molecule has 1 heterocycles. The van der Waals surface area contributed by atoms with Gasteiger partial charge in [-0.25, -0.2) is 18.8 Å². The van der Waals surface area contributed by atoms with Crippen molar-refractivity contribution in [3.05, 3.63) is 23.8 Å². The van der Waals surface area contributed by atoms with Gasteiger partial charge in [-0.2, -0.15) is 0 Å². The Morgan fingerprint density at radius 2 is 1.38 bits per heavy atom. The Kier molecular flexibility index (Phi) is 3.97. The van der Waals surface area contributed by atoms with Crippen LogP contribution in [0.2, 0.25) is 0 Å². The lowest BCUT2D eigenvalue weighted by Crippen LogP contribution is -2.41. The summed E-state index contributed by atoms with van der Waals surface area (Å²) < 4.78 is 40.3. The lowest BCUT2D eigenvalue weighted by Gasteiger charge is -2.32. The quantitative estimate of drug-likeness (QED) is 0.779. The minimum absolute atomic E-state index is 0.124. The average molecular weight is 316 g/mol. The summed E-state index contributed by atoms with van der Waals surface area (Å²) in [6.07, 6.45) is 5.79. The molecule has 118 valence electrons. The predicted molar refractivity (Wildman–Crippen MR) is 85.7 cm³/mol. The molecule has 0 N–H and O–H groups in total. The molecule has 0 unspecified atom stereocenters. The molecule has 1 aliphatic rings.